The monoisotopic (exact) mass is 317 g/mol. The fraction of sp³-hybridized carbons (Fsp3) is 0.308. The number of rotatable bonds is 5. The molecule has 0 radical (unpaired) electrons. The van der Waals surface area contributed by atoms with Gasteiger partial charge in [-0.3, -0.25) is 4.79 Å². The number of benzene rings is 1. The molecule has 1 amide bonds. The van der Waals surface area contributed by atoms with Crippen molar-refractivity contribution in [2.75, 3.05) is 6.54 Å². The molecule has 0 bridgehead atoms. The lowest BCUT2D eigenvalue weighted by Crippen LogP contribution is -2.34. The summed E-state index contributed by atoms with van der Waals surface area (Å²) in [5.74, 6) is -1.24. The van der Waals surface area contributed by atoms with Crippen molar-refractivity contribution in [3.63, 3.8) is 0 Å². The van der Waals surface area contributed by atoms with Gasteiger partial charge >= 0.3 is 0 Å². The van der Waals surface area contributed by atoms with Gasteiger partial charge in [-0.15, -0.1) is 6.58 Å². The SMILES string of the molecule is C=CCN(C(=O)c1cc(F)ccc1S(=O)(=O)Cl)C1CC1. The van der Waals surface area contributed by atoms with Gasteiger partial charge in [-0.2, -0.15) is 0 Å². The first-order valence-electron chi connectivity index (χ1n) is 6.00. The highest BCUT2D eigenvalue weighted by molar-refractivity contribution is 8.13. The van der Waals surface area contributed by atoms with E-state index in [2.05, 4.69) is 6.58 Å². The molecular formula is C13H13ClFNO3S. The van der Waals surface area contributed by atoms with Crippen molar-refractivity contribution in [3.8, 4) is 0 Å². The molecule has 0 unspecified atom stereocenters. The second-order valence-corrected chi connectivity index (χ2v) is 7.09. The van der Waals surface area contributed by atoms with E-state index in [1.165, 1.54) is 4.90 Å². The van der Waals surface area contributed by atoms with Crippen molar-refractivity contribution in [1.82, 2.24) is 4.90 Å². The van der Waals surface area contributed by atoms with E-state index in [1.807, 2.05) is 0 Å². The molecular weight excluding hydrogens is 305 g/mol. The molecule has 0 saturated heterocycles. The maximum Gasteiger partial charge on any atom is 0.262 e. The van der Waals surface area contributed by atoms with Crippen LogP contribution in [0.2, 0.25) is 0 Å². The van der Waals surface area contributed by atoms with Gasteiger partial charge in [0.25, 0.3) is 15.0 Å². The third-order valence-corrected chi connectivity index (χ3v) is 4.39. The zero-order valence-corrected chi connectivity index (χ0v) is 12.1. The molecule has 2 rings (SSSR count). The third kappa shape index (κ3) is 3.19. The fourth-order valence-corrected chi connectivity index (χ4v) is 3.00. The summed E-state index contributed by atoms with van der Waals surface area (Å²) in [7, 11) is 1.18. The largest absolute Gasteiger partial charge is 0.332 e. The van der Waals surface area contributed by atoms with Crippen molar-refractivity contribution < 1.29 is 17.6 Å². The highest BCUT2D eigenvalue weighted by Crippen LogP contribution is 2.30. The van der Waals surface area contributed by atoms with Gasteiger partial charge in [0, 0.05) is 23.3 Å². The molecule has 1 aliphatic rings. The average molecular weight is 318 g/mol. The molecule has 1 saturated carbocycles. The predicted octanol–water partition coefficient (Wildman–Crippen LogP) is 2.54. The quantitative estimate of drug-likeness (QED) is 0.619. The van der Waals surface area contributed by atoms with Crippen LogP contribution in [0.4, 0.5) is 4.39 Å². The van der Waals surface area contributed by atoms with Gasteiger partial charge in [-0.25, -0.2) is 12.8 Å². The molecule has 0 heterocycles. The summed E-state index contributed by atoms with van der Waals surface area (Å²) in [6.45, 7) is 3.84. The smallest absolute Gasteiger partial charge is 0.262 e. The number of carbonyl (C=O) groups excluding carboxylic acids is 1. The van der Waals surface area contributed by atoms with Crippen LogP contribution in [-0.4, -0.2) is 31.8 Å². The minimum atomic E-state index is -4.12. The van der Waals surface area contributed by atoms with Crippen LogP contribution < -0.4 is 0 Å². The Hall–Kier alpha value is -1.40. The second kappa shape index (κ2) is 5.54. The highest BCUT2D eigenvalue weighted by atomic mass is 35.7. The summed E-state index contributed by atoms with van der Waals surface area (Å²) in [4.78, 5) is 13.5. The Bertz CT molecular complexity index is 656. The zero-order valence-electron chi connectivity index (χ0n) is 10.6. The normalized spacial score (nSPS) is 14.9. The summed E-state index contributed by atoms with van der Waals surface area (Å²) in [6.07, 6.45) is 3.24. The minimum Gasteiger partial charge on any atom is -0.332 e. The first-order chi connectivity index (χ1) is 9.34. The van der Waals surface area contributed by atoms with E-state index in [0.29, 0.717) is 0 Å². The van der Waals surface area contributed by atoms with Gasteiger partial charge in [0.2, 0.25) is 0 Å². The Kier molecular flexibility index (Phi) is 4.15. The van der Waals surface area contributed by atoms with Crippen LogP contribution in [-0.2, 0) is 9.05 Å². The van der Waals surface area contributed by atoms with E-state index in [-0.39, 0.29) is 23.0 Å². The molecule has 7 heteroatoms. The molecule has 1 aromatic rings. The van der Waals surface area contributed by atoms with Gasteiger partial charge in [0.1, 0.15) is 5.82 Å². The van der Waals surface area contributed by atoms with E-state index in [0.717, 1.165) is 31.0 Å². The van der Waals surface area contributed by atoms with Gasteiger partial charge in [0.05, 0.1) is 10.5 Å². The Morgan fingerprint density at radius 2 is 2.15 bits per heavy atom. The Morgan fingerprint density at radius 3 is 2.65 bits per heavy atom. The van der Waals surface area contributed by atoms with E-state index in [1.54, 1.807) is 6.08 Å². The van der Waals surface area contributed by atoms with E-state index in [4.69, 9.17) is 10.7 Å². The van der Waals surface area contributed by atoms with Crippen LogP contribution in [0, 0.1) is 5.82 Å². The molecule has 108 valence electrons. The predicted molar refractivity (Wildman–Crippen MR) is 73.7 cm³/mol. The van der Waals surface area contributed by atoms with Crippen molar-refractivity contribution in [2.45, 2.75) is 23.8 Å². The maximum absolute atomic E-state index is 13.3. The number of carbonyl (C=O) groups is 1. The molecule has 0 atom stereocenters. The molecule has 1 aromatic carbocycles. The summed E-state index contributed by atoms with van der Waals surface area (Å²) < 4.78 is 36.3. The van der Waals surface area contributed by atoms with Crippen LogP contribution in [0.5, 0.6) is 0 Å². The number of amides is 1. The summed E-state index contributed by atoms with van der Waals surface area (Å²) in [6, 6.07) is 2.91. The minimum absolute atomic E-state index is 0.0506. The van der Waals surface area contributed by atoms with Gasteiger partial charge < -0.3 is 4.90 Å². The molecule has 0 N–H and O–H groups in total. The summed E-state index contributed by atoms with van der Waals surface area (Å²) in [5, 5.41) is 0. The Balaban J connectivity index is 2.47. The Morgan fingerprint density at radius 1 is 1.50 bits per heavy atom. The fourth-order valence-electron chi connectivity index (χ4n) is 1.96. The molecule has 4 nitrogen and oxygen atoms in total. The molecule has 0 aliphatic heterocycles. The average Bonchev–Trinajstić information content (AvgIpc) is 3.17. The summed E-state index contributed by atoms with van der Waals surface area (Å²) in [5.41, 5.74) is -0.242. The number of hydrogen-bond donors (Lipinski definition) is 0. The lowest BCUT2D eigenvalue weighted by Gasteiger charge is -2.21. The molecule has 1 aliphatic carbocycles. The standard InChI is InChI=1S/C13H13ClFNO3S/c1-2-7-16(10-4-5-10)13(17)11-8-9(15)3-6-12(11)20(14,18)19/h2-3,6,8,10H,1,4-5,7H2. The van der Waals surface area contributed by atoms with E-state index >= 15 is 0 Å². The van der Waals surface area contributed by atoms with Gasteiger partial charge in [-0.05, 0) is 31.0 Å². The first kappa shape index (κ1) is 15.0. The number of hydrogen-bond acceptors (Lipinski definition) is 3. The van der Waals surface area contributed by atoms with Gasteiger partial charge in [0.15, 0.2) is 0 Å². The van der Waals surface area contributed by atoms with Crippen LogP contribution in [0.15, 0.2) is 35.7 Å². The van der Waals surface area contributed by atoms with E-state index < -0.39 is 20.8 Å². The van der Waals surface area contributed by atoms with Crippen LogP contribution >= 0.6 is 10.7 Å². The van der Waals surface area contributed by atoms with E-state index in [9.17, 15) is 17.6 Å². The summed E-state index contributed by atoms with van der Waals surface area (Å²) >= 11 is 0. The number of nitrogens with zero attached hydrogens (tertiary/aromatic N) is 1. The topological polar surface area (TPSA) is 54.5 Å². The lowest BCUT2D eigenvalue weighted by atomic mass is 10.2. The van der Waals surface area contributed by atoms with Crippen molar-refractivity contribution in [1.29, 1.82) is 0 Å². The Labute approximate surface area is 121 Å². The van der Waals surface area contributed by atoms with Gasteiger partial charge in [-0.1, -0.05) is 6.08 Å². The maximum atomic E-state index is 13.3. The molecule has 0 spiro atoms. The first-order valence-corrected chi connectivity index (χ1v) is 8.31. The zero-order chi connectivity index (χ0) is 14.9. The lowest BCUT2D eigenvalue weighted by molar-refractivity contribution is 0.0758. The molecule has 0 aromatic heterocycles. The second-order valence-electron chi connectivity index (χ2n) is 4.56. The van der Waals surface area contributed by atoms with Crippen LogP contribution in [0.25, 0.3) is 0 Å². The van der Waals surface area contributed by atoms with Crippen molar-refractivity contribution in [3.05, 3.63) is 42.2 Å². The number of halogens is 2. The highest BCUT2D eigenvalue weighted by Gasteiger charge is 2.34. The molecule has 1 fully saturated rings. The van der Waals surface area contributed by atoms with Crippen LogP contribution in [0.3, 0.4) is 0 Å². The van der Waals surface area contributed by atoms with Crippen molar-refractivity contribution in [2.24, 2.45) is 0 Å². The van der Waals surface area contributed by atoms with Crippen LogP contribution in [0.1, 0.15) is 23.2 Å². The van der Waals surface area contributed by atoms with Crippen molar-refractivity contribution >= 4 is 25.6 Å². The molecule has 20 heavy (non-hydrogen) atoms. The third-order valence-electron chi connectivity index (χ3n) is 3.01.